The Morgan fingerprint density at radius 1 is 0.679 bits per heavy atom. The summed E-state index contributed by atoms with van der Waals surface area (Å²) >= 11 is 0. The van der Waals surface area contributed by atoms with Gasteiger partial charge in [-0.1, -0.05) is 0 Å². The fourth-order valence-electron chi connectivity index (χ4n) is 4.55. The van der Waals surface area contributed by atoms with Crippen LogP contribution in [-0.4, -0.2) is 94.9 Å². The minimum absolute atomic E-state index is 0.816. The zero-order valence-corrected chi connectivity index (χ0v) is 18.5. The number of hydrogen-bond donors (Lipinski definition) is 0. The molecule has 28 heavy (non-hydrogen) atoms. The maximum absolute atomic E-state index is 5.71. The summed E-state index contributed by atoms with van der Waals surface area (Å²) in [4.78, 5) is 2.55. The third-order valence-corrected chi connectivity index (χ3v) is 10.7. The molecule has 0 aliphatic carbocycles. The van der Waals surface area contributed by atoms with Crippen LogP contribution in [0.3, 0.4) is 0 Å². The van der Waals surface area contributed by atoms with E-state index in [1.807, 2.05) is 0 Å². The van der Waals surface area contributed by atoms with Crippen LogP contribution in [-0.2, 0) is 14.2 Å². The number of ether oxygens (including phenoxy) is 3. The van der Waals surface area contributed by atoms with E-state index in [9.17, 15) is 0 Å². The van der Waals surface area contributed by atoms with Crippen molar-refractivity contribution < 1.29 is 14.2 Å². The molecule has 0 aromatic heterocycles. The summed E-state index contributed by atoms with van der Waals surface area (Å²) < 4.78 is 22.5. The Hall–Kier alpha value is -0.750. The molecule has 7 heteroatoms. The molecular weight excluding hydrogens is 373 g/mol. The van der Waals surface area contributed by atoms with Gasteiger partial charge in [-0.15, -0.1) is 0 Å². The van der Waals surface area contributed by atoms with Crippen LogP contribution < -0.4 is 10.2 Å². The van der Waals surface area contributed by atoms with Crippen LogP contribution in [0.2, 0.25) is 0 Å². The molecule has 4 rings (SSSR count). The lowest BCUT2D eigenvalue weighted by Crippen LogP contribution is -2.50. The fraction of sp³-hybridized carbons (Fsp3) is 0.714. The van der Waals surface area contributed by atoms with Crippen molar-refractivity contribution in [2.24, 2.45) is 0 Å². The van der Waals surface area contributed by atoms with E-state index in [1.54, 1.807) is 0 Å². The summed E-state index contributed by atoms with van der Waals surface area (Å²) in [5.41, 5.74) is 4.18. The molecule has 3 aliphatic rings. The van der Waals surface area contributed by atoms with Crippen LogP contribution >= 0.6 is 7.56 Å². The van der Waals surface area contributed by atoms with Crippen molar-refractivity contribution in [1.82, 2.24) is 9.34 Å². The Morgan fingerprint density at radius 3 is 1.61 bits per heavy atom. The lowest BCUT2D eigenvalue weighted by atomic mass is 10.1. The van der Waals surface area contributed by atoms with E-state index < -0.39 is 7.56 Å². The van der Waals surface area contributed by atoms with E-state index in [-0.39, 0.29) is 0 Å². The summed E-state index contributed by atoms with van der Waals surface area (Å²) in [6.45, 7) is 18.0. The molecule has 0 spiro atoms. The molecule has 156 valence electrons. The second kappa shape index (κ2) is 8.95. The van der Waals surface area contributed by atoms with E-state index in [0.29, 0.717) is 0 Å². The quantitative estimate of drug-likeness (QED) is 0.709. The molecule has 0 atom stereocenters. The summed E-state index contributed by atoms with van der Waals surface area (Å²) in [6, 6.07) is 4.91. The van der Waals surface area contributed by atoms with Gasteiger partial charge in [-0.2, -0.15) is 9.34 Å². The number of hydrogen-bond acceptors (Lipinski definition) is 6. The van der Waals surface area contributed by atoms with E-state index in [0.717, 1.165) is 78.9 Å². The largest absolute Gasteiger partial charge is 0.378 e. The van der Waals surface area contributed by atoms with Crippen molar-refractivity contribution in [1.29, 1.82) is 0 Å². The normalized spacial score (nSPS) is 23.2. The maximum Gasteiger partial charge on any atom is 0.185 e. The first-order chi connectivity index (χ1) is 13.6. The smallest absolute Gasteiger partial charge is 0.185 e. The Balaban J connectivity index is 1.81. The monoisotopic (exact) mass is 408 g/mol. The van der Waals surface area contributed by atoms with Crippen molar-refractivity contribution in [3.63, 3.8) is 0 Å². The minimum atomic E-state index is -1.70. The number of aryl methyl sites for hydroxylation is 2. The average Bonchev–Trinajstić information content (AvgIpc) is 2.76. The first-order valence-electron chi connectivity index (χ1n) is 10.6. The summed E-state index contributed by atoms with van der Waals surface area (Å²) in [5, 5.41) is 1.53. The fourth-order valence-corrected chi connectivity index (χ4v) is 8.48. The Kier molecular flexibility index (Phi) is 6.56. The second-order valence-corrected chi connectivity index (χ2v) is 11.5. The molecule has 1 aromatic carbocycles. The van der Waals surface area contributed by atoms with Crippen LogP contribution in [0.1, 0.15) is 11.1 Å². The molecule has 6 nitrogen and oxygen atoms in total. The zero-order chi connectivity index (χ0) is 19.6. The van der Waals surface area contributed by atoms with Gasteiger partial charge in [-0.3, -0.25) is 0 Å². The molecular formula is C21H35N3O3P+. The van der Waals surface area contributed by atoms with Crippen LogP contribution in [0, 0.1) is 13.8 Å². The Morgan fingerprint density at radius 2 is 1.11 bits per heavy atom. The lowest BCUT2D eigenvalue weighted by Gasteiger charge is -2.45. The van der Waals surface area contributed by atoms with Crippen molar-refractivity contribution in [3.05, 3.63) is 23.3 Å². The minimum Gasteiger partial charge on any atom is -0.378 e. The Labute approximate surface area is 170 Å². The molecule has 3 fully saturated rings. The predicted octanol–water partition coefficient (Wildman–Crippen LogP) is 1.91. The van der Waals surface area contributed by atoms with Crippen molar-refractivity contribution in [3.8, 4) is 0 Å². The van der Waals surface area contributed by atoms with Crippen molar-refractivity contribution in [2.45, 2.75) is 13.8 Å². The van der Waals surface area contributed by atoms with E-state index in [4.69, 9.17) is 14.2 Å². The van der Waals surface area contributed by atoms with Gasteiger partial charge in [-0.25, -0.2) is 0 Å². The molecule has 0 radical (unpaired) electrons. The van der Waals surface area contributed by atoms with Gasteiger partial charge in [0.25, 0.3) is 0 Å². The van der Waals surface area contributed by atoms with E-state index in [2.05, 4.69) is 46.9 Å². The summed E-state index contributed by atoms with van der Waals surface area (Å²) in [7, 11) is -1.70. The zero-order valence-electron chi connectivity index (χ0n) is 17.7. The molecule has 0 saturated carbocycles. The van der Waals surface area contributed by atoms with E-state index >= 15 is 0 Å². The molecule has 1 aromatic rings. The highest BCUT2D eigenvalue weighted by Gasteiger charge is 2.51. The van der Waals surface area contributed by atoms with Gasteiger partial charge in [0.05, 0.1) is 78.2 Å². The molecule has 0 amide bonds. The van der Waals surface area contributed by atoms with Crippen LogP contribution in [0.15, 0.2) is 12.1 Å². The second-order valence-electron chi connectivity index (χ2n) is 8.07. The third kappa shape index (κ3) is 3.96. The number of anilines is 1. The highest BCUT2D eigenvalue weighted by Crippen LogP contribution is 2.62. The van der Waals surface area contributed by atoms with Gasteiger partial charge in [0.15, 0.2) is 12.9 Å². The lowest BCUT2D eigenvalue weighted by molar-refractivity contribution is 0.0570. The predicted molar refractivity (Wildman–Crippen MR) is 116 cm³/mol. The van der Waals surface area contributed by atoms with Gasteiger partial charge in [-0.05, 0) is 37.1 Å². The van der Waals surface area contributed by atoms with Crippen molar-refractivity contribution in [2.75, 3.05) is 90.5 Å². The summed E-state index contributed by atoms with van der Waals surface area (Å²) in [5.74, 6) is 0. The summed E-state index contributed by atoms with van der Waals surface area (Å²) in [6.07, 6.45) is 0. The van der Waals surface area contributed by atoms with Gasteiger partial charge in [0, 0.05) is 13.1 Å². The van der Waals surface area contributed by atoms with Gasteiger partial charge in [0.2, 0.25) is 0 Å². The first kappa shape index (κ1) is 20.5. The standard InChI is InChI=1S/C21H35N3O3P/c1-18-16-20(22-4-10-25-11-5-22)21(17-19(18)2)28(3,23-6-12-26-13-7-23)24-8-14-27-15-9-24/h16-17H,4-15H2,1-3H3/q+1. The van der Waals surface area contributed by atoms with Gasteiger partial charge < -0.3 is 19.1 Å². The van der Waals surface area contributed by atoms with Crippen molar-refractivity contribution >= 4 is 18.6 Å². The topological polar surface area (TPSA) is 37.4 Å². The third-order valence-electron chi connectivity index (χ3n) is 6.48. The highest BCUT2D eigenvalue weighted by atomic mass is 31.2. The van der Waals surface area contributed by atoms with E-state index in [1.165, 1.54) is 22.1 Å². The number of rotatable bonds is 4. The molecule has 0 unspecified atom stereocenters. The van der Waals surface area contributed by atoms with Gasteiger partial charge in [0.1, 0.15) is 0 Å². The SMILES string of the molecule is Cc1cc(N2CCOCC2)c([P+](C)(N2CCOCC2)N2CCOCC2)cc1C. The van der Waals surface area contributed by atoms with Crippen LogP contribution in [0.5, 0.6) is 0 Å². The molecule has 3 saturated heterocycles. The number of morpholine rings is 3. The molecule has 3 aliphatic heterocycles. The van der Waals surface area contributed by atoms with Crippen LogP contribution in [0.25, 0.3) is 0 Å². The van der Waals surface area contributed by atoms with Crippen LogP contribution in [0.4, 0.5) is 5.69 Å². The molecule has 0 N–H and O–H groups in total. The maximum atomic E-state index is 5.71. The Bertz CT molecular complexity index is 651. The number of nitrogens with zero attached hydrogens (tertiary/aromatic N) is 3. The number of benzene rings is 1. The van der Waals surface area contributed by atoms with Gasteiger partial charge >= 0.3 is 0 Å². The molecule has 3 heterocycles. The molecule has 0 bridgehead atoms. The first-order valence-corrected chi connectivity index (χ1v) is 12.7. The highest BCUT2D eigenvalue weighted by molar-refractivity contribution is 7.78. The average molecular weight is 409 g/mol.